The fourth-order valence-electron chi connectivity index (χ4n) is 1.86. The average Bonchev–Trinajstić information content (AvgIpc) is 2.41. The smallest absolute Gasteiger partial charge is 0.123 e. The van der Waals surface area contributed by atoms with E-state index in [1.165, 1.54) is 12.1 Å². The largest absolute Gasteiger partial charge is 0.313 e. The first-order valence-corrected chi connectivity index (χ1v) is 6.82. The van der Waals surface area contributed by atoms with Gasteiger partial charge in [-0.15, -0.1) is 0 Å². The third-order valence-corrected chi connectivity index (χ3v) is 3.55. The van der Waals surface area contributed by atoms with Crippen LogP contribution in [-0.4, -0.2) is 6.54 Å². The van der Waals surface area contributed by atoms with Gasteiger partial charge in [0.1, 0.15) is 5.82 Å². The molecule has 2 rings (SSSR count). The number of halogens is 3. The number of hydrogen-bond donors (Lipinski definition) is 1. The van der Waals surface area contributed by atoms with E-state index in [9.17, 15) is 4.39 Å². The van der Waals surface area contributed by atoms with Crippen molar-refractivity contribution in [3.63, 3.8) is 0 Å². The number of hydrogen-bond acceptors (Lipinski definition) is 1. The van der Waals surface area contributed by atoms with Crippen molar-refractivity contribution in [1.82, 2.24) is 5.32 Å². The van der Waals surface area contributed by atoms with Crippen LogP contribution >= 0.6 is 23.2 Å². The van der Waals surface area contributed by atoms with E-state index in [-0.39, 0.29) is 5.82 Å². The highest BCUT2D eigenvalue weighted by atomic mass is 35.5. The van der Waals surface area contributed by atoms with Gasteiger partial charge in [-0.2, -0.15) is 0 Å². The van der Waals surface area contributed by atoms with E-state index in [1.54, 1.807) is 6.07 Å². The Morgan fingerprint density at radius 1 is 1.05 bits per heavy atom. The first-order chi connectivity index (χ1) is 9.11. The zero-order valence-corrected chi connectivity index (χ0v) is 12.0. The molecule has 4 heteroatoms. The molecule has 0 aliphatic heterocycles. The summed E-state index contributed by atoms with van der Waals surface area (Å²) in [6.45, 7) is 3.57. The second-order valence-corrected chi connectivity index (χ2v) is 5.03. The summed E-state index contributed by atoms with van der Waals surface area (Å²) in [6, 6.07) is 9.93. The van der Waals surface area contributed by atoms with Crippen molar-refractivity contribution in [2.45, 2.75) is 13.5 Å². The molecule has 1 nitrogen and oxygen atoms in total. The molecule has 0 aliphatic rings. The molecule has 0 heterocycles. The second-order valence-electron chi connectivity index (χ2n) is 4.21. The van der Waals surface area contributed by atoms with Gasteiger partial charge in [0.05, 0.1) is 0 Å². The van der Waals surface area contributed by atoms with Gasteiger partial charge in [0, 0.05) is 22.2 Å². The van der Waals surface area contributed by atoms with E-state index in [1.807, 2.05) is 25.1 Å². The van der Waals surface area contributed by atoms with E-state index in [0.717, 1.165) is 17.7 Å². The van der Waals surface area contributed by atoms with Crippen LogP contribution in [0, 0.1) is 5.82 Å². The lowest BCUT2D eigenvalue weighted by Gasteiger charge is -2.10. The van der Waals surface area contributed by atoms with Gasteiger partial charge in [-0.1, -0.05) is 36.2 Å². The highest BCUT2D eigenvalue weighted by Crippen LogP contribution is 2.31. The molecule has 2 aromatic carbocycles. The van der Waals surface area contributed by atoms with Gasteiger partial charge in [-0.3, -0.25) is 0 Å². The van der Waals surface area contributed by atoms with E-state index in [2.05, 4.69) is 5.32 Å². The SMILES string of the molecule is CCNCc1cc(-c2cc(F)ccc2Cl)ccc1Cl. The van der Waals surface area contributed by atoms with E-state index < -0.39 is 0 Å². The lowest BCUT2D eigenvalue weighted by molar-refractivity contribution is 0.628. The van der Waals surface area contributed by atoms with Gasteiger partial charge in [0.15, 0.2) is 0 Å². The fourth-order valence-corrected chi connectivity index (χ4v) is 2.27. The lowest BCUT2D eigenvalue weighted by atomic mass is 10.0. The zero-order chi connectivity index (χ0) is 13.8. The predicted molar refractivity (Wildman–Crippen MR) is 79.2 cm³/mol. The van der Waals surface area contributed by atoms with E-state index in [4.69, 9.17) is 23.2 Å². The first kappa shape index (κ1) is 14.3. The standard InChI is InChI=1S/C15H14Cl2FN/c1-2-19-9-11-7-10(3-5-14(11)16)13-8-12(18)4-6-15(13)17/h3-8,19H,2,9H2,1H3. The molecule has 0 radical (unpaired) electrons. The van der Waals surface area contributed by atoms with Crippen LogP contribution in [-0.2, 0) is 6.54 Å². The molecule has 0 spiro atoms. The quantitative estimate of drug-likeness (QED) is 0.845. The molecule has 0 unspecified atom stereocenters. The van der Waals surface area contributed by atoms with E-state index in [0.29, 0.717) is 22.2 Å². The molecule has 0 aliphatic carbocycles. The molecule has 0 aromatic heterocycles. The molecule has 100 valence electrons. The van der Waals surface area contributed by atoms with Crippen molar-refractivity contribution < 1.29 is 4.39 Å². The van der Waals surface area contributed by atoms with Crippen molar-refractivity contribution in [3.8, 4) is 11.1 Å². The fraction of sp³-hybridized carbons (Fsp3) is 0.200. The summed E-state index contributed by atoms with van der Waals surface area (Å²) in [6.07, 6.45) is 0. The minimum atomic E-state index is -0.303. The number of rotatable bonds is 4. The summed E-state index contributed by atoms with van der Waals surface area (Å²) >= 11 is 12.3. The Morgan fingerprint density at radius 3 is 2.53 bits per heavy atom. The van der Waals surface area contributed by atoms with Gasteiger partial charge in [0.25, 0.3) is 0 Å². The molecule has 2 aromatic rings. The predicted octanol–water partition coefficient (Wildman–Crippen LogP) is 4.91. The molecule has 0 atom stereocenters. The van der Waals surface area contributed by atoms with Crippen LogP contribution in [0.5, 0.6) is 0 Å². The summed E-state index contributed by atoms with van der Waals surface area (Å²) < 4.78 is 13.3. The Morgan fingerprint density at radius 2 is 1.79 bits per heavy atom. The van der Waals surface area contributed by atoms with Gasteiger partial charge in [-0.25, -0.2) is 4.39 Å². The summed E-state index contributed by atoms with van der Waals surface area (Å²) in [4.78, 5) is 0. The molecular formula is C15H14Cl2FN. The van der Waals surface area contributed by atoms with Crippen LogP contribution in [0.4, 0.5) is 4.39 Å². The molecule has 0 amide bonds. The van der Waals surface area contributed by atoms with Crippen LogP contribution in [0.15, 0.2) is 36.4 Å². The van der Waals surface area contributed by atoms with Crippen LogP contribution < -0.4 is 5.32 Å². The first-order valence-electron chi connectivity index (χ1n) is 6.06. The Kier molecular flexibility index (Phi) is 4.81. The molecule has 1 N–H and O–H groups in total. The molecule has 0 fully saturated rings. The van der Waals surface area contributed by atoms with Crippen molar-refractivity contribution in [2.75, 3.05) is 6.54 Å². The maximum absolute atomic E-state index is 13.3. The Balaban J connectivity index is 2.42. The average molecular weight is 298 g/mol. The maximum Gasteiger partial charge on any atom is 0.123 e. The second kappa shape index (κ2) is 6.38. The maximum atomic E-state index is 13.3. The third kappa shape index (κ3) is 3.47. The van der Waals surface area contributed by atoms with Gasteiger partial charge in [-0.05, 0) is 48.0 Å². The summed E-state index contributed by atoms with van der Waals surface area (Å²) in [5.74, 6) is -0.303. The van der Waals surface area contributed by atoms with Crippen LogP contribution in [0.1, 0.15) is 12.5 Å². The lowest BCUT2D eigenvalue weighted by Crippen LogP contribution is -2.12. The summed E-state index contributed by atoms with van der Waals surface area (Å²) in [7, 11) is 0. The van der Waals surface area contributed by atoms with Crippen molar-refractivity contribution >= 4 is 23.2 Å². The molecule has 0 saturated heterocycles. The van der Waals surface area contributed by atoms with Crippen LogP contribution in [0.25, 0.3) is 11.1 Å². The number of nitrogens with one attached hydrogen (secondary N) is 1. The van der Waals surface area contributed by atoms with Crippen molar-refractivity contribution in [1.29, 1.82) is 0 Å². The number of benzene rings is 2. The van der Waals surface area contributed by atoms with Gasteiger partial charge >= 0.3 is 0 Å². The van der Waals surface area contributed by atoms with Crippen molar-refractivity contribution in [2.24, 2.45) is 0 Å². The Hall–Kier alpha value is -1.09. The van der Waals surface area contributed by atoms with Crippen LogP contribution in [0.3, 0.4) is 0 Å². The van der Waals surface area contributed by atoms with E-state index >= 15 is 0 Å². The monoisotopic (exact) mass is 297 g/mol. The van der Waals surface area contributed by atoms with Crippen LogP contribution in [0.2, 0.25) is 10.0 Å². The van der Waals surface area contributed by atoms with Crippen molar-refractivity contribution in [3.05, 3.63) is 57.8 Å². The molecule has 0 bridgehead atoms. The Labute approximate surface area is 122 Å². The Bertz CT molecular complexity index is 584. The summed E-state index contributed by atoms with van der Waals surface area (Å²) in [5, 5.41) is 4.44. The normalized spacial score (nSPS) is 10.7. The minimum Gasteiger partial charge on any atom is -0.313 e. The highest BCUT2D eigenvalue weighted by Gasteiger charge is 2.08. The van der Waals surface area contributed by atoms with Gasteiger partial charge in [0.2, 0.25) is 0 Å². The molecule has 19 heavy (non-hydrogen) atoms. The topological polar surface area (TPSA) is 12.0 Å². The zero-order valence-electron chi connectivity index (χ0n) is 10.5. The minimum absolute atomic E-state index is 0.303. The third-order valence-electron chi connectivity index (χ3n) is 2.85. The molecular weight excluding hydrogens is 284 g/mol. The highest BCUT2D eigenvalue weighted by molar-refractivity contribution is 6.33. The molecule has 0 saturated carbocycles. The van der Waals surface area contributed by atoms with Gasteiger partial charge < -0.3 is 5.32 Å². The summed E-state index contributed by atoms with van der Waals surface area (Å²) in [5.41, 5.74) is 2.51.